The maximum absolute atomic E-state index is 8.97. The van der Waals surface area contributed by atoms with Crippen LogP contribution in [0.2, 0.25) is 0 Å². The fourth-order valence-electron chi connectivity index (χ4n) is 2.29. The van der Waals surface area contributed by atoms with E-state index in [1.54, 1.807) is 6.92 Å². The molecule has 0 saturated carbocycles. The zero-order chi connectivity index (χ0) is 14.7. The van der Waals surface area contributed by atoms with Gasteiger partial charge in [-0.2, -0.15) is 0 Å². The Bertz CT molecular complexity index is 746. The molecule has 1 N–H and O–H groups in total. The maximum atomic E-state index is 8.97. The van der Waals surface area contributed by atoms with E-state index in [0.29, 0.717) is 18.0 Å². The highest BCUT2D eigenvalue weighted by Gasteiger charge is 2.16. The molecule has 0 aromatic heterocycles. The third-order valence-corrected chi connectivity index (χ3v) is 3.42. The van der Waals surface area contributed by atoms with Gasteiger partial charge in [-0.15, -0.1) is 0 Å². The van der Waals surface area contributed by atoms with Crippen LogP contribution in [0.4, 0.5) is 5.69 Å². The van der Waals surface area contributed by atoms with Crippen LogP contribution in [0.5, 0.6) is 0 Å². The van der Waals surface area contributed by atoms with E-state index >= 15 is 0 Å². The molecular weight excluding hydrogens is 262 g/mol. The first-order valence-corrected chi connectivity index (χ1v) is 6.75. The number of hydrogen-bond donors (Lipinski definition) is 1. The van der Waals surface area contributed by atoms with Gasteiger partial charge in [0.2, 0.25) is 0 Å². The van der Waals surface area contributed by atoms with Gasteiger partial charge in [-0.25, -0.2) is 4.99 Å². The summed E-state index contributed by atoms with van der Waals surface area (Å²) in [5, 5.41) is 12.2. The number of fused-ring (bicyclic) bond motifs is 1. The topological polar surface area (TPSA) is 57.3 Å². The number of oxime groups is 1. The molecule has 0 atom stereocenters. The van der Waals surface area contributed by atoms with Crippen LogP contribution in [0.25, 0.3) is 0 Å². The van der Waals surface area contributed by atoms with E-state index in [9.17, 15) is 0 Å². The summed E-state index contributed by atoms with van der Waals surface area (Å²) in [5.41, 5.74) is 4.97. The van der Waals surface area contributed by atoms with E-state index in [-0.39, 0.29) is 0 Å². The summed E-state index contributed by atoms with van der Waals surface area (Å²) < 4.78 is 0. The zero-order valence-electron chi connectivity index (χ0n) is 11.7. The monoisotopic (exact) mass is 277 g/mol. The summed E-state index contributed by atoms with van der Waals surface area (Å²) >= 11 is 0. The predicted molar refractivity (Wildman–Crippen MR) is 85.4 cm³/mol. The Kier molecular flexibility index (Phi) is 3.60. The van der Waals surface area contributed by atoms with Gasteiger partial charge in [0.25, 0.3) is 0 Å². The second-order valence-electron chi connectivity index (χ2n) is 4.79. The van der Waals surface area contributed by atoms with Crippen molar-refractivity contribution in [2.75, 3.05) is 6.54 Å². The second kappa shape index (κ2) is 5.71. The van der Waals surface area contributed by atoms with Crippen LogP contribution in [0, 0.1) is 0 Å². The Morgan fingerprint density at radius 1 is 1.05 bits per heavy atom. The van der Waals surface area contributed by atoms with Crippen LogP contribution in [-0.4, -0.2) is 28.9 Å². The van der Waals surface area contributed by atoms with Gasteiger partial charge in [-0.05, 0) is 13.0 Å². The number of nitrogens with zero attached hydrogens (tertiary/aromatic N) is 3. The first-order chi connectivity index (χ1) is 10.3. The molecule has 1 aliphatic rings. The molecule has 4 nitrogen and oxygen atoms in total. The van der Waals surface area contributed by atoms with Gasteiger partial charge in [0, 0.05) is 11.1 Å². The van der Waals surface area contributed by atoms with E-state index in [0.717, 1.165) is 22.5 Å². The second-order valence-corrected chi connectivity index (χ2v) is 4.79. The standard InChI is InChI=1S/C17H15N3O/c1-12(20-21)16-11-18-17(13-7-3-2-4-8-13)14-9-5-6-10-15(14)19-16/h2-10,21H,11H2,1H3/b20-12+. The Hall–Kier alpha value is -2.75. The molecule has 4 heteroatoms. The third-order valence-electron chi connectivity index (χ3n) is 3.42. The minimum atomic E-state index is 0.398. The zero-order valence-corrected chi connectivity index (χ0v) is 11.7. The number of rotatable bonds is 2. The smallest absolute Gasteiger partial charge is 0.0998 e. The Balaban J connectivity index is 2.16. The lowest BCUT2D eigenvalue weighted by Crippen LogP contribution is -2.14. The summed E-state index contributed by atoms with van der Waals surface area (Å²) in [5.74, 6) is 0. The van der Waals surface area contributed by atoms with Crippen LogP contribution < -0.4 is 0 Å². The van der Waals surface area contributed by atoms with Crippen molar-refractivity contribution in [3.8, 4) is 0 Å². The van der Waals surface area contributed by atoms with E-state index in [4.69, 9.17) is 5.21 Å². The molecule has 0 saturated heterocycles. The summed E-state index contributed by atoms with van der Waals surface area (Å²) in [4.78, 5) is 9.28. The summed E-state index contributed by atoms with van der Waals surface area (Å²) in [6, 6.07) is 17.9. The van der Waals surface area contributed by atoms with Crippen molar-refractivity contribution >= 4 is 22.8 Å². The minimum absolute atomic E-state index is 0.398. The van der Waals surface area contributed by atoms with E-state index in [1.165, 1.54) is 0 Å². The number of benzene rings is 2. The number of aliphatic imine (C=N–C) groups is 2. The lowest BCUT2D eigenvalue weighted by molar-refractivity contribution is 0.320. The summed E-state index contributed by atoms with van der Waals surface area (Å²) in [7, 11) is 0. The van der Waals surface area contributed by atoms with Crippen molar-refractivity contribution in [1.82, 2.24) is 0 Å². The van der Waals surface area contributed by atoms with Crippen LogP contribution in [0.3, 0.4) is 0 Å². The molecule has 1 heterocycles. The van der Waals surface area contributed by atoms with Crippen LogP contribution in [0.1, 0.15) is 18.1 Å². The van der Waals surface area contributed by atoms with Gasteiger partial charge in [-0.1, -0.05) is 53.7 Å². The van der Waals surface area contributed by atoms with E-state index in [1.807, 2.05) is 54.6 Å². The number of hydrogen-bond acceptors (Lipinski definition) is 4. The average Bonchev–Trinajstić information content (AvgIpc) is 2.74. The lowest BCUT2D eigenvalue weighted by Gasteiger charge is -2.07. The van der Waals surface area contributed by atoms with Gasteiger partial charge < -0.3 is 5.21 Å². The van der Waals surface area contributed by atoms with Gasteiger partial charge in [0.05, 0.1) is 29.4 Å². The highest BCUT2D eigenvalue weighted by Crippen LogP contribution is 2.25. The predicted octanol–water partition coefficient (Wildman–Crippen LogP) is 3.46. The van der Waals surface area contributed by atoms with Crippen molar-refractivity contribution in [3.63, 3.8) is 0 Å². The minimum Gasteiger partial charge on any atom is -0.411 e. The highest BCUT2D eigenvalue weighted by atomic mass is 16.4. The molecule has 2 aromatic carbocycles. The fraction of sp³-hybridized carbons (Fsp3) is 0.118. The largest absolute Gasteiger partial charge is 0.411 e. The Morgan fingerprint density at radius 3 is 2.52 bits per heavy atom. The molecular formula is C17H15N3O. The Labute approximate surface area is 123 Å². The molecule has 3 rings (SSSR count). The normalized spacial score (nSPS) is 14.8. The van der Waals surface area contributed by atoms with Crippen LogP contribution >= 0.6 is 0 Å². The number of para-hydroxylation sites is 1. The SMILES string of the molecule is C/C(=N\O)C1=Nc2ccccc2C(c2ccccc2)=NC1. The highest BCUT2D eigenvalue weighted by molar-refractivity contribution is 6.43. The van der Waals surface area contributed by atoms with Crippen molar-refractivity contribution in [3.05, 3.63) is 65.7 Å². The molecule has 104 valence electrons. The molecule has 2 aromatic rings. The van der Waals surface area contributed by atoms with Crippen molar-refractivity contribution in [2.24, 2.45) is 15.1 Å². The fourth-order valence-corrected chi connectivity index (χ4v) is 2.29. The quantitative estimate of drug-likeness (QED) is 0.510. The molecule has 0 spiro atoms. The summed E-state index contributed by atoms with van der Waals surface area (Å²) in [6.45, 7) is 2.12. The van der Waals surface area contributed by atoms with Gasteiger partial charge in [-0.3, -0.25) is 4.99 Å². The molecule has 0 unspecified atom stereocenters. The van der Waals surface area contributed by atoms with Crippen LogP contribution in [0.15, 0.2) is 69.7 Å². The maximum Gasteiger partial charge on any atom is 0.0998 e. The molecule has 0 fully saturated rings. The molecule has 1 aliphatic heterocycles. The third kappa shape index (κ3) is 2.60. The molecule has 0 radical (unpaired) electrons. The van der Waals surface area contributed by atoms with E-state index < -0.39 is 0 Å². The average molecular weight is 277 g/mol. The summed E-state index contributed by atoms with van der Waals surface area (Å²) in [6.07, 6.45) is 0. The molecule has 21 heavy (non-hydrogen) atoms. The molecule has 0 aliphatic carbocycles. The lowest BCUT2D eigenvalue weighted by atomic mass is 10.0. The van der Waals surface area contributed by atoms with Gasteiger partial charge >= 0.3 is 0 Å². The molecule has 0 amide bonds. The first-order valence-electron chi connectivity index (χ1n) is 6.75. The Morgan fingerprint density at radius 2 is 1.76 bits per heavy atom. The van der Waals surface area contributed by atoms with Gasteiger partial charge in [0.15, 0.2) is 0 Å². The first kappa shape index (κ1) is 13.2. The van der Waals surface area contributed by atoms with Gasteiger partial charge in [0.1, 0.15) is 0 Å². The molecule has 0 bridgehead atoms. The van der Waals surface area contributed by atoms with Crippen LogP contribution in [-0.2, 0) is 0 Å². The van der Waals surface area contributed by atoms with Crippen molar-refractivity contribution < 1.29 is 5.21 Å². The van der Waals surface area contributed by atoms with Crippen molar-refractivity contribution in [2.45, 2.75) is 6.92 Å². The van der Waals surface area contributed by atoms with Crippen molar-refractivity contribution in [1.29, 1.82) is 0 Å². The van der Waals surface area contributed by atoms with E-state index in [2.05, 4.69) is 15.1 Å².